The lowest BCUT2D eigenvalue weighted by Crippen LogP contribution is -3.00. The first-order valence-electron chi connectivity index (χ1n) is 3.78. The normalized spacial score (nSPS) is 9.92. The van der Waals surface area contributed by atoms with Crippen LogP contribution in [0.4, 0.5) is 0 Å². The van der Waals surface area contributed by atoms with Gasteiger partial charge in [-0.2, -0.15) is 0 Å². The second-order valence-electron chi connectivity index (χ2n) is 2.54. The molecule has 12 heavy (non-hydrogen) atoms. The molecule has 0 amide bonds. The van der Waals surface area contributed by atoms with Gasteiger partial charge in [0.2, 0.25) is 0 Å². The van der Waals surface area contributed by atoms with Crippen LogP contribution in [0.3, 0.4) is 0 Å². The van der Waals surface area contributed by atoms with Gasteiger partial charge < -0.3 is 17.0 Å². The topological polar surface area (TPSA) is 26.3 Å². The zero-order chi connectivity index (χ0) is 8.91. The van der Waals surface area contributed by atoms with Gasteiger partial charge in [-0.3, -0.25) is 4.84 Å². The molecule has 3 nitrogen and oxygen atoms in total. The van der Waals surface area contributed by atoms with Crippen LogP contribution in [-0.2, 0) is 9.63 Å². The summed E-state index contributed by atoms with van der Waals surface area (Å²) in [7, 11) is 1.86. The summed E-state index contributed by atoms with van der Waals surface area (Å²) in [5.74, 6) is -0.365. The Hall–Kier alpha value is -0.350. The zero-order valence-corrected chi connectivity index (χ0v) is 9.43. The molecule has 72 valence electrons. The van der Waals surface area contributed by atoms with Crippen molar-refractivity contribution < 1.29 is 31.3 Å². The minimum atomic E-state index is -0.365. The van der Waals surface area contributed by atoms with Crippen molar-refractivity contribution in [2.75, 3.05) is 20.1 Å². The van der Waals surface area contributed by atoms with Crippen LogP contribution >= 0.6 is 0 Å². The highest BCUT2D eigenvalue weighted by Crippen LogP contribution is 2.02. The molecule has 0 aliphatic rings. The van der Waals surface area contributed by atoms with Crippen LogP contribution in [0.5, 0.6) is 0 Å². The molecule has 0 aliphatic heterocycles. The predicted molar refractivity (Wildman–Crippen MR) is 43.6 cm³/mol. The van der Waals surface area contributed by atoms with E-state index < -0.39 is 0 Å². The second-order valence-corrected chi connectivity index (χ2v) is 2.54. The minimum absolute atomic E-state index is 0. The Morgan fingerprint density at radius 1 is 1.50 bits per heavy atom. The molecule has 0 atom stereocenters. The van der Waals surface area contributed by atoms with E-state index in [2.05, 4.69) is 6.58 Å². The smallest absolute Gasteiger partial charge is 0.389 e. The zero-order valence-electron chi connectivity index (χ0n) is 7.84. The molecule has 0 aromatic heterocycles. The summed E-state index contributed by atoms with van der Waals surface area (Å²) in [4.78, 5) is 15.9. The van der Waals surface area contributed by atoms with Crippen molar-refractivity contribution in [3.8, 4) is 0 Å². The van der Waals surface area contributed by atoms with E-state index in [0.717, 1.165) is 13.1 Å². The number of hydrogen-bond acceptors (Lipinski definition) is 2. The molecule has 0 aromatic carbocycles. The van der Waals surface area contributed by atoms with Crippen LogP contribution in [0.2, 0.25) is 0 Å². The number of nitrogens with zero attached hydrogens (tertiary/aromatic N) is 1. The van der Waals surface area contributed by atoms with E-state index >= 15 is 0 Å². The van der Waals surface area contributed by atoms with Crippen molar-refractivity contribution >= 4 is 5.97 Å². The molecule has 0 aliphatic carbocycles. The van der Waals surface area contributed by atoms with Gasteiger partial charge in [-0.1, -0.05) is 6.58 Å². The monoisotopic (exact) mass is 237 g/mol. The van der Waals surface area contributed by atoms with Gasteiger partial charge in [-0.05, 0) is 13.8 Å². The van der Waals surface area contributed by atoms with Gasteiger partial charge in [0.05, 0.1) is 0 Å². The lowest BCUT2D eigenvalue weighted by atomic mass is 10.5. The molecule has 0 bridgehead atoms. The molecule has 0 N–H and O–H groups in total. The second kappa shape index (κ2) is 6.20. The maximum absolute atomic E-state index is 10.8. The Kier molecular flexibility index (Phi) is 7.33. The molecule has 0 saturated carbocycles. The van der Waals surface area contributed by atoms with Crippen molar-refractivity contribution in [3.05, 3.63) is 12.7 Å². The maximum Gasteiger partial charge on any atom is 0.389 e. The Balaban J connectivity index is 0. The Morgan fingerprint density at radius 2 is 1.92 bits per heavy atom. The highest BCUT2D eigenvalue weighted by molar-refractivity contribution is 5.80. The van der Waals surface area contributed by atoms with Crippen molar-refractivity contribution in [2.45, 2.75) is 13.8 Å². The fourth-order valence-electron chi connectivity index (χ4n) is 0.607. The van der Waals surface area contributed by atoms with Gasteiger partial charge in [0.25, 0.3) is 0 Å². The van der Waals surface area contributed by atoms with Gasteiger partial charge in [0, 0.05) is 6.08 Å². The fourth-order valence-corrected chi connectivity index (χ4v) is 0.607. The highest BCUT2D eigenvalue weighted by atomic mass is 79.9. The Bertz CT molecular complexity index is 155. The molecule has 0 rings (SSSR count). The van der Waals surface area contributed by atoms with Crippen molar-refractivity contribution in [2.24, 2.45) is 0 Å². The SMILES string of the molecule is C=CC(=O)O[N+](C)(CC)CC.[Br-]. The largest absolute Gasteiger partial charge is 1.00 e. The van der Waals surface area contributed by atoms with E-state index in [9.17, 15) is 4.79 Å². The van der Waals surface area contributed by atoms with Crippen LogP contribution in [0.15, 0.2) is 12.7 Å². The van der Waals surface area contributed by atoms with Crippen molar-refractivity contribution in [1.29, 1.82) is 0 Å². The molecule has 0 fully saturated rings. The van der Waals surface area contributed by atoms with Crippen molar-refractivity contribution in [3.63, 3.8) is 0 Å². The quantitative estimate of drug-likeness (QED) is 0.325. The van der Waals surface area contributed by atoms with Crippen LogP contribution in [0.1, 0.15) is 13.8 Å². The van der Waals surface area contributed by atoms with Gasteiger partial charge in [-0.25, -0.2) is 4.79 Å². The third-order valence-electron chi connectivity index (χ3n) is 1.81. The van der Waals surface area contributed by atoms with E-state index in [1.54, 1.807) is 0 Å². The van der Waals surface area contributed by atoms with Crippen LogP contribution in [-0.4, -0.2) is 30.8 Å². The summed E-state index contributed by atoms with van der Waals surface area (Å²) in [5.41, 5.74) is 0. The van der Waals surface area contributed by atoms with E-state index in [4.69, 9.17) is 4.84 Å². The minimum Gasteiger partial charge on any atom is -1.00 e. The lowest BCUT2D eigenvalue weighted by Gasteiger charge is -2.27. The van der Waals surface area contributed by atoms with Crippen LogP contribution < -0.4 is 17.0 Å². The van der Waals surface area contributed by atoms with Gasteiger partial charge in [-0.15, -0.1) is 4.65 Å². The molecule has 0 aromatic rings. The maximum atomic E-state index is 10.8. The van der Waals surface area contributed by atoms with Crippen LogP contribution in [0, 0.1) is 0 Å². The predicted octanol–water partition coefficient (Wildman–Crippen LogP) is -1.88. The number of quaternary nitrogens is 1. The van der Waals surface area contributed by atoms with E-state index in [0.29, 0.717) is 4.65 Å². The first kappa shape index (κ1) is 14.2. The first-order valence-corrected chi connectivity index (χ1v) is 3.78. The summed E-state index contributed by atoms with van der Waals surface area (Å²) in [6.45, 7) is 8.82. The molecular formula is C8H16BrNO2. The third kappa shape index (κ3) is 4.51. The van der Waals surface area contributed by atoms with Gasteiger partial charge >= 0.3 is 5.97 Å². The third-order valence-corrected chi connectivity index (χ3v) is 1.81. The van der Waals surface area contributed by atoms with Gasteiger partial charge in [0.1, 0.15) is 20.1 Å². The standard InChI is InChI=1S/C8H16NO2.BrH/c1-5-8(10)11-9(4,6-2)7-3;/h5H,1,6-7H2,2-4H3;1H/q+1;/p-1. The van der Waals surface area contributed by atoms with Crippen molar-refractivity contribution in [1.82, 2.24) is 0 Å². The first-order chi connectivity index (χ1) is 5.08. The number of rotatable bonds is 4. The summed E-state index contributed by atoms with van der Waals surface area (Å²) in [6.07, 6.45) is 1.18. The summed E-state index contributed by atoms with van der Waals surface area (Å²) >= 11 is 0. The lowest BCUT2D eigenvalue weighted by molar-refractivity contribution is -1.07. The highest BCUT2D eigenvalue weighted by Gasteiger charge is 2.21. The Morgan fingerprint density at radius 3 is 2.17 bits per heavy atom. The summed E-state index contributed by atoms with van der Waals surface area (Å²) in [5, 5.41) is 0. The molecular weight excluding hydrogens is 222 g/mol. The number of hydroxylamine groups is 3. The van der Waals surface area contributed by atoms with Gasteiger partial charge in [0.15, 0.2) is 0 Å². The number of carbonyl (C=O) groups excluding carboxylic acids is 1. The molecule has 0 saturated heterocycles. The summed E-state index contributed by atoms with van der Waals surface area (Å²) < 4.78 is 0.310. The van der Waals surface area contributed by atoms with E-state index in [1.807, 2.05) is 20.9 Å². The molecule has 0 heterocycles. The Labute approximate surface area is 84.3 Å². The number of carbonyl (C=O) groups is 1. The number of hydrogen-bond donors (Lipinski definition) is 0. The molecule has 0 radical (unpaired) electrons. The fraction of sp³-hybridized carbons (Fsp3) is 0.625. The van der Waals surface area contributed by atoms with E-state index in [-0.39, 0.29) is 23.0 Å². The molecule has 0 unspecified atom stereocenters. The molecule has 4 heteroatoms. The summed E-state index contributed by atoms with van der Waals surface area (Å²) in [6, 6.07) is 0. The molecule has 0 spiro atoms. The number of halogens is 1. The average molecular weight is 238 g/mol. The van der Waals surface area contributed by atoms with Crippen LogP contribution in [0.25, 0.3) is 0 Å². The average Bonchev–Trinajstić information content (AvgIpc) is 2.04. The van der Waals surface area contributed by atoms with E-state index in [1.165, 1.54) is 6.08 Å².